The average molecular weight is 202 g/mol. The van der Waals surface area contributed by atoms with Gasteiger partial charge >= 0.3 is 0 Å². The van der Waals surface area contributed by atoms with Crippen molar-refractivity contribution in [2.45, 2.75) is 13.3 Å². The van der Waals surface area contributed by atoms with E-state index in [4.69, 9.17) is 5.26 Å². The Morgan fingerprint density at radius 3 is 2.87 bits per heavy atom. The fourth-order valence-electron chi connectivity index (χ4n) is 1.23. The van der Waals surface area contributed by atoms with Crippen LogP contribution in [-0.4, -0.2) is 4.92 Å². The van der Waals surface area contributed by atoms with E-state index in [1.165, 1.54) is 6.07 Å². The van der Waals surface area contributed by atoms with Crippen LogP contribution in [0.25, 0.3) is 6.08 Å². The standard InChI is InChI=1S/C11H10N2O2/c1-9-8-10(4-2-3-7-12)5-6-11(9)13(14)15/h2,4-6,8H,3H2,1H3. The van der Waals surface area contributed by atoms with Crippen LogP contribution in [0, 0.1) is 28.4 Å². The molecule has 0 atom stereocenters. The summed E-state index contributed by atoms with van der Waals surface area (Å²) in [4.78, 5) is 10.1. The van der Waals surface area contributed by atoms with Gasteiger partial charge in [-0.2, -0.15) is 5.26 Å². The quantitative estimate of drug-likeness (QED) is 0.559. The minimum absolute atomic E-state index is 0.118. The minimum atomic E-state index is -0.405. The molecule has 0 unspecified atom stereocenters. The number of nitro groups is 1. The van der Waals surface area contributed by atoms with Crippen molar-refractivity contribution in [2.24, 2.45) is 0 Å². The average Bonchev–Trinajstić information content (AvgIpc) is 2.17. The van der Waals surface area contributed by atoms with Crippen LogP contribution in [0.3, 0.4) is 0 Å². The molecule has 1 aromatic carbocycles. The lowest BCUT2D eigenvalue weighted by atomic mass is 10.1. The summed E-state index contributed by atoms with van der Waals surface area (Å²) in [6.07, 6.45) is 3.84. The second-order valence-corrected chi connectivity index (χ2v) is 3.07. The molecule has 1 aromatic rings. The van der Waals surface area contributed by atoms with Crippen molar-refractivity contribution >= 4 is 11.8 Å². The Balaban J connectivity index is 2.93. The van der Waals surface area contributed by atoms with Gasteiger partial charge in [-0.05, 0) is 24.6 Å². The number of benzene rings is 1. The normalized spacial score (nSPS) is 10.1. The first kappa shape index (κ1) is 10.9. The monoisotopic (exact) mass is 202 g/mol. The highest BCUT2D eigenvalue weighted by Gasteiger charge is 2.08. The molecule has 0 fully saturated rings. The van der Waals surface area contributed by atoms with Gasteiger partial charge in [0.1, 0.15) is 0 Å². The van der Waals surface area contributed by atoms with E-state index in [1.807, 2.05) is 6.07 Å². The molecule has 0 aliphatic rings. The van der Waals surface area contributed by atoms with Crippen LogP contribution in [0.15, 0.2) is 24.3 Å². The van der Waals surface area contributed by atoms with E-state index in [9.17, 15) is 10.1 Å². The zero-order chi connectivity index (χ0) is 11.3. The van der Waals surface area contributed by atoms with Gasteiger partial charge < -0.3 is 0 Å². The van der Waals surface area contributed by atoms with Crippen molar-refractivity contribution in [3.63, 3.8) is 0 Å². The molecule has 0 amide bonds. The largest absolute Gasteiger partial charge is 0.272 e. The van der Waals surface area contributed by atoms with Gasteiger partial charge in [0.05, 0.1) is 17.4 Å². The van der Waals surface area contributed by atoms with E-state index in [2.05, 4.69) is 0 Å². The van der Waals surface area contributed by atoms with Crippen molar-refractivity contribution in [1.29, 1.82) is 5.26 Å². The third-order valence-electron chi connectivity index (χ3n) is 1.94. The summed E-state index contributed by atoms with van der Waals surface area (Å²) in [5.41, 5.74) is 1.61. The summed E-state index contributed by atoms with van der Waals surface area (Å²) in [6.45, 7) is 1.69. The molecular formula is C11H10N2O2. The maximum atomic E-state index is 10.5. The first-order chi connectivity index (χ1) is 7.15. The van der Waals surface area contributed by atoms with Crippen molar-refractivity contribution in [2.75, 3.05) is 0 Å². The summed E-state index contributed by atoms with van der Waals surface area (Å²) >= 11 is 0. The summed E-state index contributed by atoms with van der Waals surface area (Å²) < 4.78 is 0. The topological polar surface area (TPSA) is 66.9 Å². The molecular weight excluding hydrogens is 192 g/mol. The maximum absolute atomic E-state index is 10.5. The first-order valence-corrected chi connectivity index (χ1v) is 4.43. The van der Waals surface area contributed by atoms with Gasteiger partial charge in [0.15, 0.2) is 0 Å². The van der Waals surface area contributed by atoms with Gasteiger partial charge in [-0.25, -0.2) is 0 Å². The van der Waals surface area contributed by atoms with Crippen molar-refractivity contribution < 1.29 is 4.92 Å². The molecule has 0 N–H and O–H groups in total. The summed E-state index contributed by atoms with van der Waals surface area (Å²) in [7, 11) is 0. The predicted octanol–water partition coefficient (Wildman–Crippen LogP) is 2.83. The lowest BCUT2D eigenvalue weighted by Gasteiger charge is -1.98. The third-order valence-corrected chi connectivity index (χ3v) is 1.94. The highest BCUT2D eigenvalue weighted by Crippen LogP contribution is 2.19. The Bertz CT molecular complexity index is 444. The van der Waals surface area contributed by atoms with Crippen molar-refractivity contribution in [3.05, 3.63) is 45.5 Å². The Hall–Kier alpha value is -2.15. The number of nitrogens with zero attached hydrogens (tertiary/aromatic N) is 2. The molecule has 4 heteroatoms. The zero-order valence-electron chi connectivity index (χ0n) is 8.30. The molecule has 76 valence electrons. The number of allylic oxidation sites excluding steroid dienone is 1. The molecule has 0 heterocycles. The van der Waals surface area contributed by atoms with E-state index < -0.39 is 4.92 Å². The molecule has 4 nitrogen and oxygen atoms in total. The van der Waals surface area contributed by atoms with Gasteiger partial charge in [0.25, 0.3) is 5.69 Å². The molecule has 15 heavy (non-hydrogen) atoms. The Labute approximate surface area is 87.6 Å². The fourth-order valence-corrected chi connectivity index (χ4v) is 1.23. The van der Waals surface area contributed by atoms with Crippen LogP contribution in [0.5, 0.6) is 0 Å². The van der Waals surface area contributed by atoms with Crippen LogP contribution >= 0.6 is 0 Å². The van der Waals surface area contributed by atoms with Crippen LogP contribution in [0.2, 0.25) is 0 Å². The van der Waals surface area contributed by atoms with Crippen LogP contribution in [-0.2, 0) is 0 Å². The van der Waals surface area contributed by atoms with Gasteiger partial charge in [0, 0.05) is 11.6 Å². The second-order valence-electron chi connectivity index (χ2n) is 3.07. The van der Waals surface area contributed by atoms with E-state index >= 15 is 0 Å². The molecule has 0 saturated heterocycles. The lowest BCUT2D eigenvalue weighted by molar-refractivity contribution is -0.385. The fraction of sp³-hybridized carbons (Fsp3) is 0.182. The predicted molar refractivity (Wildman–Crippen MR) is 57.1 cm³/mol. The van der Waals surface area contributed by atoms with Gasteiger partial charge in [-0.15, -0.1) is 0 Å². The number of nitro benzene ring substituents is 1. The Morgan fingerprint density at radius 1 is 1.60 bits per heavy atom. The van der Waals surface area contributed by atoms with Crippen LogP contribution in [0.4, 0.5) is 5.69 Å². The number of rotatable bonds is 3. The van der Waals surface area contributed by atoms with Gasteiger partial charge in [0.2, 0.25) is 0 Å². The number of nitriles is 1. The molecule has 0 saturated carbocycles. The maximum Gasteiger partial charge on any atom is 0.272 e. The number of hydrogen-bond acceptors (Lipinski definition) is 3. The second kappa shape index (κ2) is 4.91. The number of hydrogen-bond donors (Lipinski definition) is 0. The third kappa shape index (κ3) is 2.92. The Kier molecular flexibility index (Phi) is 3.58. The Morgan fingerprint density at radius 2 is 2.33 bits per heavy atom. The van der Waals surface area contributed by atoms with Crippen LogP contribution < -0.4 is 0 Å². The SMILES string of the molecule is Cc1cc(C=CCC#N)ccc1[N+](=O)[O-]. The smallest absolute Gasteiger partial charge is 0.258 e. The lowest BCUT2D eigenvalue weighted by Crippen LogP contribution is -1.91. The molecule has 1 rings (SSSR count). The first-order valence-electron chi connectivity index (χ1n) is 4.43. The van der Waals surface area contributed by atoms with Crippen LogP contribution in [0.1, 0.15) is 17.5 Å². The van der Waals surface area contributed by atoms with Crippen molar-refractivity contribution in [1.82, 2.24) is 0 Å². The minimum Gasteiger partial charge on any atom is -0.258 e. The molecule has 0 aliphatic carbocycles. The highest BCUT2D eigenvalue weighted by atomic mass is 16.6. The molecule has 0 spiro atoms. The summed E-state index contributed by atoms with van der Waals surface area (Å²) in [5, 5.41) is 18.9. The van der Waals surface area contributed by atoms with Gasteiger partial charge in [-0.1, -0.05) is 12.2 Å². The highest BCUT2D eigenvalue weighted by molar-refractivity contribution is 5.55. The van der Waals surface area contributed by atoms with E-state index in [-0.39, 0.29) is 5.69 Å². The molecule has 0 bridgehead atoms. The summed E-state index contributed by atoms with van der Waals surface area (Å²) in [5.74, 6) is 0. The van der Waals surface area contributed by atoms with E-state index in [0.29, 0.717) is 12.0 Å². The molecule has 0 aromatic heterocycles. The molecule has 0 aliphatic heterocycles. The van der Waals surface area contributed by atoms with E-state index in [0.717, 1.165) is 5.56 Å². The number of aryl methyl sites for hydroxylation is 1. The summed E-state index contributed by atoms with van der Waals surface area (Å²) in [6, 6.07) is 6.85. The zero-order valence-corrected chi connectivity index (χ0v) is 8.30. The van der Waals surface area contributed by atoms with Crippen molar-refractivity contribution in [3.8, 4) is 6.07 Å². The van der Waals surface area contributed by atoms with E-state index in [1.54, 1.807) is 31.2 Å². The molecule has 0 radical (unpaired) electrons. The van der Waals surface area contributed by atoms with Gasteiger partial charge in [-0.3, -0.25) is 10.1 Å².